The Morgan fingerprint density at radius 1 is 1.14 bits per heavy atom. The summed E-state index contributed by atoms with van der Waals surface area (Å²) in [5.41, 5.74) is 11.8. The van der Waals surface area contributed by atoms with E-state index in [1.54, 1.807) is 5.01 Å². The number of hydrogen-bond acceptors (Lipinski definition) is 2. The minimum Gasteiger partial charge on any atom is -0.375 e. The van der Waals surface area contributed by atoms with Gasteiger partial charge in [0.15, 0.2) is 5.11 Å². The fraction of sp³-hybridized carbons (Fsp3) is 0.222. The molecule has 0 fully saturated rings. The summed E-state index contributed by atoms with van der Waals surface area (Å²) in [6, 6.07) is 16.8. The van der Waals surface area contributed by atoms with E-state index in [0.717, 1.165) is 17.7 Å². The number of nitrogens with two attached hydrogens (primary N) is 1. The molecule has 1 aliphatic rings. The van der Waals surface area contributed by atoms with Gasteiger partial charge in [-0.2, -0.15) is 5.10 Å². The van der Waals surface area contributed by atoms with Gasteiger partial charge in [-0.1, -0.05) is 42.5 Å². The molecule has 0 spiro atoms. The van der Waals surface area contributed by atoms with Gasteiger partial charge in [-0.3, -0.25) is 0 Å². The largest absolute Gasteiger partial charge is 0.375 e. The van der Waals surface area contributed by atoms with Crippen molar-refractivity contribution in [3.05, 3.63) is 70.8 Å². The molecule has 0 bridgehead atoms. The first-order chi connectivity index (χ1) is 10.6. The highest BCUT2D eigenvalue weighted by Crippen LogP contribution is 2.32. The van der Waals surface area contributed by atoms with Crippen LogP contribution in [0.15, 0.2) is 53.6 Å². The molecule has 1 heterocycles. The third-order valence-corrected chi connectivity index (χ3v) is 4.35. The third kappa shape index (κ3) is 2.74. The summed E-state index contributed by atoms with van der Waals surface area (Å²) < 4.78 is 0. The fourth-order valence-electron chi connectivity index (χ4n) is 2.74. The van der Waals surface area contributed by atoms with E-state index >= 15 is 0 Å². The Morgan fingerprint density at radius 2 is 1.86 bits per heavy atom. The molecular weight excluding hydrogens is 290 g/mol. The summed E-state index contributed by atoms with van der Waals surface area (Å²) in [5, 5.41) is 6.74. The van der Waals surface area contributed by atoms with E-state index in [0.29, 0.717) is 5.11 Å². The molecule has 1 aliphatic heterocycles. The number of hydrazone groups is 1. The highest BCUT2D eigenvalue weighted by atomic mass is 32.1. The zero-order valence-corrected chi connectivity index (χ0v) is 13.6. The number of benzene rings is 2. The van der Waals surface area contributed by atoms with E-state index in [9.17, 15) is 0 Å². The van der Waals surface area contributed by atoms with Crippen molar-refractivity contribution in [3.63, 3.8) is 0 Å². The van der Waals surface area contributed by atoms with Crippen LogP contribution in [0.3, 0.4) is 0 Å². The van der Waals surface area contributed by atoms with Crippen LogP contribution >= 0.6 is 12.2 Å². The van der Waals surface area contributed by atoms with E-state index < -0.39 is 0 Å². The molecule has 0 saturated heterocycles. The van der Waals surface area contributed by atoms with Gasteiger partial charge in [-0.15, -0.1) is 0 Å². The van der Waals surface area contributed by atoms with Gasteiger partial charge in [-0.05, 0) is 54.4 Å². The lowest BCUT2D eigenvalue weighted by Gasteiger charge is -2.21. The molecule has 22 heavy (non-hydrogen) atoms. The van der Waals surface area contributed by atoms with Crippen LogP contribution in [0, 0.1) is 13.8 Å². The van der Waals surface area contributed by atoms with Crippen LogP contribution in [-0.4, -0.2) is 15.8 Å². The molecule has 1 atom stereocenters. The molecular formula is C18H19N3S. The Morgan fingerprint density at radius 3 is 2.50 bits per heavy atom. The normalized spacial score (nSPS) is 17.5. The predicted molar refractivity (Wildman–Crippen MR) is 94.9 cm³/mol. The summed E-state index contributed by atoms with van der Waals surface area (Å²) in [7, 11) is 0. The number of thiocarbonyl (C=S) groups is 1. The van der Waals surface area contributed by atoms with Crippen LogP contribution in [0.5, 0.6) is 0 Å². The molecule has 112 valence electrons. The third-order valence-electron chi connectivity index (χ3n) is 4.16. The summed E-state index contributed by atoms with van der Waals surface area (Å²) >= 11 is 5.18. The number of hydrogen-bond donors (Lipinski definition) is 1. The number of rotatable bonds is 2. The Kier molecular flexibility index (Phi) is 3.94. The van der Waals surface area contributed by atoms with Crippen LogP contribution in [0.2, 0.25) is 0 Å². The maximum atomic E-state index is 5.87. The van der Waals surface area contributed by atoms with Gasteiger partial charge in [0.1, 0.15) is 0 Å². The van der Waals surface area contributed by atoms with Gasteiger partial charge in [0.25, 0.3) is 0 Å². The van der Waals surface area contributed by atoms with Crippen LogP contribution in [0.25, 0.3) is 0 Å². The summed E-state index contributed by atoms with van der Waals surface area (Å²) in [6.07, 6.45) is 0.809. The van der Waals surface area contributed by atoms with Crippen molar-refractivity contribution in [2.75, 3.05) is 0 Å². The van der Waals surface area contributed by atoms with Gasteiger partial charge in [-0.25, -0.2) is 5.01 Å². The molecule has 0 aliphatic carbocycles. The first kappa shape index (κ1) is 14.7. The highest BCUT2D eigenvalue weighted by molar-refractivity contribution is 7.80. The smallest absolute Gasteiger partial charge is 0.187 e. The summed E-state index contributed by atoms with van der Waals surface area (Å²) in [6.45, 7) is 4.23. The lowest BCUT2D eigenvalue weighted by Crippen LogP contribution is -2.31. The molecule has 0 saturated carbocycles. The first-order valence-electron chi connectivity index (χ1n) is 7.35. The molecule has 2 aromatic rings. The van der Waals surface area contributed by atoms with Crippen molar-refractivity contribution in [2.45, 2.75) is 26.3 Å². The van der Waals surface area contributed by atoms with Crippen molar-refractivity contribution < 1.29 is 0 Å². The standard InChI is InChI=1S/C18H19N3S/c1-12-8-9-15(10-13(12)2)16-11-17(21(20-16)18(19)22)14-6-4-3-5-7-14/h3-10,17H,11H2,1-2H3,(H2,19,22)/t17-/m1/s1. The van der Waals surface area contributed by atoms with Crippen LogP contribution in [-0.2, 0) is 0 Å². The second-order valence-electron chi connectivity index (χ2n) is 5.66. The average molecular weight is 309 g/mol. The minimum atomic E-state index is 0.0790. The maximum absolute atomic E-state index is 5.87. The van der Waals surface area contributed by atoms with Gasteiger partial charge < -0.3 is 5.73 Å². The zero-order valence-electron chi connectivity index (χ0n) is 12.8. The lowest BCUT2D eigenvalue weighted by atomic mass is 9.97. The van der Waals surface area contributed by atoms with Crippen LogP contribution < -0.4 is 5.73 Å². The molecule has 2 N–H and O–H groups in total. The quantitative estimate of drug-likeness (QED) is 0.860. The molecule has 0 radical (unpaired) electrons. The van der Waals surface area contributed by atoms with E-state index in [2.05, 4.69) is 49.3 Å². The van der Waals surface area contributed by atoms with Crippen molar-refractivity contribution in [1.29, 1.82) is 0 Å². The van der Waals surface area contributed by atoms with Gasteiger partial charge >= 0.3 is 0 Å². The van der Waals surface area contributed by atoms with E-state index in [-0.39, 0.29) is 6.04 Å². The summed E-state index contributed by atoms with van der Waals surface area (Å²) in [5.74, 6) is 0. The van der Waals surface area contributed by atoms with Gasteiger partial charge in [0, 0.05) is 6.42 Å². The van der Waals surface area contributed by atoms with E-state index in [1.807, 2.05) is 18.2 Å². The van der Waals surface area contributed by atoms with E-state index in [4.69, 9.17) is 18.0 Å². The highest BCUT2D eigenvalue weighted by Gasteiger charge is 2.30. The maximum Gasteiger partial charge on any atom is 0.187 e. The summed E-state index contributed by atoms with van der Waals surface area (Å²) in [4.78, 5) is 0. The van der Waals surface area contributed by atoms with Crippen molar-refractivity contribution in [1.82, 2.24) is 5.01 Å². The van der Waals surface area contributed by atoms with Gasteiger partial charge in [0.2, 0.25) is 0 Å². The molecule has 3 nitrogen and oxygen atoms in total. The zero-order chi connectivity index (χ0) is 15.7. The van der Waals surface area contributed by atoms with Crippen molar-refractivity contribution in [3.8, 4) is 0 Å². The second-order valence-corrected chi connectivity index (χ2v) is 6.08. The minimum absolute atomic E-state index is 0.0790. The monoisotopic (exact) mass is 309 g/mol. The number of nitrogens with zero attached hydrogens (tertiary/aromatic N) is 2. The topological polar surface area (TPSA) is 41.6 Å². The van der Waals surface area contributed by atoms with E-state index in [1.165, 1.54) is 16.7 Å². The lowest BCUT2D eigenvalue weighted by molar-refractivity contribution is 0.373. The average Bonchev–Trinajstić information content (AvgIpc) is 2.96. The predicted octanol–water partition coefficient (Wildman–Crippen LogP) is 3.70. The SMILES string of the molecule is Cc1ccc(C2=NN(C(N)=S)[C@@H](c3ccccc3)C2)cc1C. The Hall–Kier alpha value is -2.20. The van der Waals surface area contributed by atoms with Gasteiger partial charge in [0.05, 0.1) is 11.8 Å². The molecule has 4 heteroatoms. The Balaban J connectivity index is 1.96. The molecule has 3 rings (SSSR count). The molecule has 0 unspecified atom stereocenters. The van der Waals surface area contributed by atoms with Crippen LogP contribution in [0.1, 0.15) is 34.7 Å². The second kappa shape index (κ2) is 5.89. The van der Waals surface area contributed by atoms with Crippen molar-refractivity contribution >= 4 is 23.0 Å². The Bertz CT molecular complexity index is 737. The number of aryl methyl sites for hydroxylation is 2. The van der Waals surface area contributed by atoms with Crippen LogP contribution in [0.4, 0.5) is 0 Å². The molecule has 2 aromatic carbocycles. The molecule has 0 amide bonds. The van der Waals surface area contributed by atoms with Crippen molar-refractivity contribution in [2.24, 2.45) is 10.8 Å². The Labute approximate surface area is 136 Å². The first-order valence-corrected chi connectivity index (χ1v) is 7.76. The molecule has 0 aromatic heterocycles. The fourth-order valence-corrected chi connectivity index (χ4v) is 2.91.